The molecular weight excluding hydrogens is 312 g/mol. The zero-order valence-electron chi connectivity index (χ0n) is 12.5. The van der Waals surface area contributed by atoms with Gasteiger partial charge in [0.1, 0.15) is 0 Å². The Morgan fingerprint density at radius 2 is 1.23 bits per heavy atom. The maximum Gasteiger partial charge on any atom is 0.0900 e. The minimum Gasteiger partial charge on any atom is -0.372 e. The Kier molecular flexibility index (Phi) is 4.62. The summed E-state index contributed by atoms with van der Waals surface area (Å²) in [5.41, 5.74) is 2.89. The van der Waals surface area contributed by atoms with E-state index in [0.29, 0.717) is 12.2 Å². The van der Waals surface area contributed by atoms with E-state index in [-0.39, 0.29) is 0 Å². The number of hydrogen-bond donors (Lipinski definition) is 0. The molecule has 0 aliphatic carbocycles. The fraction of sp³-hybridized carbons (Fsp3) is 0.444. The van der Waals surface area contributed by atoms with E-state index >= 15 is 0 Å². The molecule has 2 nitrogen and oxygen atoms in total. The van der Waals surface area contributed by atoms with Gasteiger partial charge in [-0.15, -0.1) is 0 Å². The van der Waals surface area contributed by atoms with Crippen molar-refractivity contribution < 1.29 is 9.47 Å². The summed E-state index contributed by atoms with van der Waals surface area (Å²) >= 11 is 3.96. The molecule has 2 atom stereocenters. The summed E-state index contributed by atoms with van der Waals surface area (Å²) in [7, 11) is 0. The summed E-state index contributed by atoms with van der Waals surface area (Å²) in [6.45, 7) is 1.91. The van der Waals surface area contributed by atoms with Gasteiger partial charge in [-0.1, -0.05) is 36.4 Å². The van der Waals surface area contributed by atoms with Crippen LogP contribution in [0.5, 0.6) is 0 Å². The predicted molar refractivity (Wildman–Crippen MR) is 95.8 cm³/mol. The molecular formula is C18H20O2S2. The van der Waals surface area contributed by atoms with Gasteiger partial charge in [-0.2, -0.15) is 23.5 Å². The Bertz CT molecular complexity index is 593. The molecule has 4 rings (SSSR count). The second-order valence-corrected chi connectivity index (χ2v) is 7.93. The largest absolute Gasteiger partial charge is 0.372 e. The Morgan fingerprint density at radius 3 is 1.64 bits per heavy atom. The minimum absolute atomic E-state index is 0.511. The number of thioether (sulfide) groups is 2. The van der Waals surface area contributed by atoms with Crippen molar-refractivity contribution in [3.05, 3.63) is 47.5 Å². The summed E-state index contributed by atoms with van der Waals surface area (Å²) in [6.07, 6.45) is 1.02. The normalized spacial score (nSPS) is 22.9. The van der Waals surface area contributed by atoms with E-state index in [1.54, 1.807) is 0 Å². The highest BCUT2D eigenvalue weighted by atomic mass is 32.2. The van der Waals surface area contributed by atoms with Crippen LogP contribution in [-0.2, 0) is 21.0 Å². The van der Waals surface area contributed by atoms with Crippen LogP contribution in [0, 0.1) is 0 Å². The molecule has 2 aliphatic heterocycles. The van der Waals surface area contributed by atoms with E-state index in [1.165, 1.54) is 21.9 Å². The first kappa shape index (κ1) is 14.9. The molecule has 2 heterocycles. The summed E-state index contributed by atoms with van der Waals surface area (Å²) in [5, 5.41) is 2.82. The summed E-state index contributed by atoms with van der Waals surface area (Å²) in [5.74, 6) is 4.38. The number of rotatable bonds is 8. The molecule has 116 valence electrons. The van der Waals surface area contributed by atoms with Gasteiger partial charge in [-0.05, 0) is 21.9 Å². The molecule has 0 aromatic heterocycles. The fourth-order valence-corrected chi connectivity index (χ4v) is 4.71. The lowest BCUT2D eigenvalue weighted by Gasteiger charge is -2.10. The van der Waals surface area contributed by atoms with Gasteiger partial charge in [0.15, 0.2) is 0 Å². The Hall–Kier alpha value is -0.680. The fourth-order valence-electron chi connectivity index (χ4n) is 2.62. The van der Waals surface area contributed by atoms with Crippen LogP contribution in [0.15, 0.2) is 36.4 Å². The lowest BCUT2D eigenvalue weighted by molar-refractivity contribution is 0.426. The number of benzene rings is 2. The van der Waals surface area contributed by atoms with Crippen LogP contribution < -0.4 is 0 Å². The third kappa shape index (κ3) is 3.80. The molecule has 2 saturated heterocycles. The number of ether oxygens (including phenoxy) is 2. The van der Waals surface area contributed by atoms with Crippen molar-refractivity contribution in [2.24, 2.45) is 0 Å². The van der Waals surface area contributed by atoms with Crippen molar-refractivity contribution in [2.75, 3.05) is 24.7 Å². The SMILES string of the molecule is c1cc(CSCC2CO2)c2cccc(CSCC3CO3)c2c1. The third-order valence-electron chi connectivity index (χ3n) is 4.03. The average Bonchev–Trinajstić information content (AvgIpc) is 3.43. The first-order chi connectivity index (χ1) is 10.9. The molecule has 2 aromatic carbocycles. The van der Waals surface area contributed by atoms with Gasteiger partial charge < -0.3 is 9.47 Å². The second-order valence-electron chi connectivity index (χ2n) is 5.87. The monoisotopic (exact) mass is 332 g/mol. The van der Waals surface area contributed by atoms with E-state index in [2.05, 4.69) is 36.4 Å². The molecule has 0 spiro atoms. The van der Waals surface area contributed by atoms with Gasteiger partial charge in [0, 0.05) is 23.0 Å². The van der Waals surface area contributed by atoms with Gasteiger partial charge in [0.05, 0.1) is 25.4 Å². The van der Waals surface area contributed by atoms with Crippen LogP contribution in [0.4, 0.5) is 0 Å². The molecule has 2 fully saturated rings. The molecule has 2 unspecified atom stereocenters. The highest BCUT2D eigenvalue weighted by molar-refractivity contribution is 7.98. The number of fused-ring (bicyclic) bond motifs is 1. The quantitative estimate of drug-likeness (QED) is 0.679. The number of epoxide rings is 2. The molecule has 0 radical (unpaired) electrons. The summed E-state index contributed by atoms with van der Waals surface area (Å²) in [4.78, 5) is 0. The topological polar surface area (TPSA) is 25.1 Å². The zero-order chi connectivity index (χ0) is 14.8. The minimum atomic E-state index is 0.511. The Labute approximate surface area is 139 Å². The molecule has 0 N–H and O–H groups in total. The van der Waals surface area contributed by atoms with Gasteiger partial charge in [-0.3, -0.25) is 0 Å². The maximum atomic E-state index is 5.29. The van der Waals surface area contributed by atoms with Gasteiger partial charge in [0.25, 0.3) is 0 Å². The molecule has 0 saturated carbocycles. The second kappa shape index (κ2) is 6.83. The lowest BCUT2D eigenvalue weighted by atomic mass is 10.0. The van der Waals surface area contributed by atoms with Crippen LogP contribution in [0.2, 0.25) is 0 Å². The van der Waals surface area contributed by atoms with E-state index in [0.717, 1.165) is 36.2 Å². The van der Waals surface area contributed by atoms with Crippen molar-refractivity contribution in [2.45, 2.75) is 23.7 Å². The van der Waals surface area contributed by atoms with Gasteiger partial charge in [0.2, 0.25) is 0 Å². The first-order valence-corrected chi connectivity index (χ1v) is 10.1. The highest BCUT2D eigenvalue weighted by Crippen LogP contribution is 2.29. The summed E-state index contributed by atoms with van der Waals surface area (Å²) < 4.78 is 10.6. The smallest absolute Gasteiger partial charge is 0.0900 e. The van der Waals surface area contributed by atoms with Crippen molar-refractivity contribution >= 4 is 34.3 Å². The average molecular weight is 332 g/mol. The van der Waals surface area contributed by atoms with E-state index in [4.69, 9.17) is 9.47 Å². The number of hydrogen-bond acceptors (Lipinski definition) is 4. The van der Waals surface area contributed by atoms with Crippen molar-refractivity contribution in [1.82, 2.24) is 0 Å². The lowest BCUT2D eigenvalue weighted by Crippen LogP contribution is -1.94. The molecule has 4 heteroatoms. The molecule has 2 aromatic rings. The highest BCUT2D eigenvalue weighted by Gasteiger charge is 2.22. The third-order valence-corrected chi connectivity index (χ3v) is 6.28. The molecule has 22 heavy (non-hydrogen) atoms. The van der Waals surface area contributed by atoms with Crippen LogP contribution in [0.25, 0.3) is 10.8 Å². The maximum absolute atomic E-state index is 5.29. The Morgan fingerprint density at radius 1 is 0.773 bits per heavy atom. The standard InChI is InChI=1S/C18H20O2S2/c1-3-13(9-21-11-15-7-19-15)18-6-2-4-14(17(18)5-1)10-22-12-16-8-20-16/h1-6,15-16H,7-12H2. The first-order valence-electron chi connectivity index (χ1n) is 7.78. The van der Waals surface area contributed by atoms with Crippen LogP contribution in [0.1, 0.15) is 11.1 Å². The van der Waals surface area contributed by atoms with E-state index in [9.17, 15) is 0 Å². The van der Waals surface area contributed by atoms with Crippen molar-refractivity contribution in [3.63, 3.8) is 0 Å². The summed E-state index contributed by atoms with van der Waals surface area (Å²) in [6, 6.07) is 13.4. The van der Waals surface area contributed by atoms with Crippen molar-refractivity contribution in [3.8, 4) is 0 Å². The van der Waals surface area contributed by atoms with Crippen LogP contribution >= 0.6 is 23.5 Å². The van der Waals surface area contributed by atoms with Crippen LogP contribution in [-0.4, -0.2) is 36.9 Å². The zero-order valence-corrected chi connectivity index (χ0v) is 14.1. The van der Waals surface area contributed by atoms with E-state index in [1.807, 2.05) is 23.5 Å². The van der Waals surface area contributed by atoms with Gasteiger partial charge in [-0.25, -0.2) is 0 Å². The molecule has 2 aliphatic rings. The Balaban J connectivity index is 1.47. The molecule has 0 amide bonds. The van der Waals surface area contributed by atoms with Crippen LogP contribution in [0.3, 0.4) is 0 Å². The molecule has 0 bridgehead atoms. The van der Waals surface area contributed by atoms with E-state index < -0.39 is 0 Å². The van der Waals surface area contributed by atoms with Gasteiger partial charge >= 0.3 is 0 Å². The predicted octanol–water partition coefficient (Wildman–Crippen LogP) is 4.10. The van der Waals surface area contributed by atoms with Crippen molar-refractivity contribution in [1.29, 1.82) is 0 Å².